The monoisotopic (exact) mass is 200 g/mol. The van der Waals surface area contributed by atoms with E-state index in [1.54, 1.807) is 0 Å². The van der Waals surface area contributed by atoms with E-state index in [0.29, 0.717) is 0 Å². The molecule has 1 aromatic carbocycles. The fourth-order valence-corrected chi connectivity index (χ4v) is 2.25. The Hall–Kier alpha value is -1.57. The molecule has 2 nitrogen and oxygen atoms in total. The molecule has 0 unspecified atom stereocenters. The molecule has 3 rings (SSSR count). The summed E-state index contributed by atoms with van der Waals surface area (Å²) in [5.74, 6) is 1.02. The maximum Gasteiger partial charge on any atom is 0.255 e. The minimum atomic E-state index is 0.820. The molecule has 0 spiro atoms. The number of nitrogens with zero attached hydrogens (tertiary/aromatic N) is 1. The molecule has 0 saturated heterocycles. The van der Waals surface area contributed by atoms with Gasteiger partial charge in [-0.15, -0.1) is 0 Å². The van der Waals surface area contributed by atoms with Crippen molar-refractivity contribution >= 4 is 10.9 Å². The van der Waals surface area contributed by atoms with Crippen LogP contribution >= 0.6 is 0 Å². The average molecular weight is 200 g/mol. The molecule has 0 atom stereocenters. The van der Waals surface area contributed by atoms with E-state index in [2.05, 4.69) is 41.8 Å². The smallest absolute Gasteiger partial charge is 0.255 e. The van der Waals surface area contributed by atoms with Gasteiger partial charge in [0, 0.05) is 19.4 Å². The van der Waals surface area contributed by atoms with Crippen LogP contribution in [-0.2, 0) is 6.54 Å². The van der Waals surface area contributed by atoms with Gasteiger partial charge in [0.15, 0.2) is 18.0 Å². The van der Waals surface area contributed by atoms with Gasteiger partial charge in [-0.25, -0.2) is 0 Å². The van der Waals surface area contributed by atoms with Gasteiger partial charge in [-0.05, 0) is 18.2 Å². The van der Waals surface area contributed by atoms with Crippen LogP contribution in [0, 0.1) is 6.92 Å². The highest BCUT2D eigenvalue weighted by molar-refractivity contribution is 5.81. The minimum Gasteiger partial charge on any atom is -0.487 e. The van der Waals surface area contributed by atoms with Gasteiger partial charge in [-0.1, -0.05) is 6.07 Å². The number of aromatic nitrogens is 1. The Balaban J connectivity index is 2.44. The second-order valence-electron chi connectivity index (χ2n) is 4.02. The lowest BCUT2D eigenvalue weighted by Crippen LogP contribution is -2.37. The fraction of sp³-hybridized carbons (Fsp3) is 0.308. The standard InChI is InChI=1S/C13H14NO/c1-10-6-7-11-4-2-5-12-13(11)14(10)8-3-9-15-12/h2,4-7H,3,8-9H2,1H3/q+1. The van der Waals surface area contributed by atoms with Crippen LogP contribution in [0.5, 0.6) is 5.75 Å². The normalized spacial score (nSPS) is 14.7. The van der Waals surface area contributed by atoms with E-state index in [1.807, 2.05) is 0 Å². The van der Waals surface area contributed by atoms with Crippen molar-refractivity contribution in [3.8, 4) is 5.75 Å². The minimum absolute atomic E-state index is 0.820. The summed E-state index contributed by atoms with van der Waals surface area (Å²) in [4.78, 5) is 0. The van der Waals surface area contributed by atoms with Gasteiger partial charge >= 0.3 is 0 Å². The van der Waals surface area contributed by atoms with Crippen LogP contribution in [0.25, 0.3) is 10.9 Å². The Labute approximate surface area is 89.1 Å². The fourth-order valence-electron chi connectivity index (χ4n) is 2.25. The number of benzene rings is 1. The number of hydrogen-bond donors (Lipinski definition) is 0. The molecule has 15 heavy (non-hydrogen) atoms. The molecule has 0 N–H and O–H groups in total. The number of para-hydroxylation sites is 1. The molecule has 76 valence electrons. The van der Waals surface area contributed by atoms with Crippen LogP contribution < -0.4 is 9.30 Å². The molecule has 1 aliphatic rings. The second-order valence-corrected chi connectivity index (χ2v) is 4.02. The summed E-state index contributed by atoms with van der Waals surface area (Å²) >= 11 is 0. The summed E-state index contributed by atoms with van der Waals surface area (Å²) in [6, 6.07) is 10.6. The molecule has 0 aliphatic carbocycles. The summed E-state index contributed by atoms with van der Waals surface area (Å²) in [6.07, 6.45) is 1.08. The Morgan fingerprint density at radius 3 is 3.07 bits per heavy atom. The Morgan fingerprint density at radius 2 is 2.13 bits per heavy atom. The SMILES string of the molecule is Cc1ccc2cccc3c2[n+]1CCCO3. The van der Waals surface area contributed by atoms with Gasteiger partial charge in [0.1, 0.15) is 0 Å². The number of rotatable bonds is 0. The molecule has 0 amide bonds. The van der Waals surface area contributed by atoms with Crippen LogP contribution in [0.3, 0.4) is 0 Å². The van der Waals surface area contributed by atoms with Gasteiger partial charge in [0.2, 0.25) is 0 Å². The van der Waals surface area contributed by atoms with Crippen molar-refractivity contribution in [1.29, 1.82) is 0 Å². The number of ether oxygens (including phenoxy) is 1. The molecule has 2 heteroatoms. The van der Waals surface area contributed by atoms with Crippen molar-refractivity contribution in [3.63, 3.8) is 0 Å². The van der Waals surface area contributed by atoms with Gasteiger partial charge in [0.05, 0.1) is 12.0 Å². The van der Waals surface area contributed by atoms with Crippen molar-refractivity contribution in [1.82, 2.24) is 0 Å². The molecule has 0 radical (unpaired) electrons. The molecule has 2 aromatic rings. The lowest BCUT2D eigenvalue weighted by molar-refractivity contribution is -0.676. The van der Waals surface area contributed by atoms with Crippen molar-refractivity contribution in [2.45, 2.75) is 19.9 Å². The van der Waals surface area contributed by atoms with Gasteiger partial charge in [0.25, 0.3) is 5.52 Å². The first-order chi connectivity index (χ1) is 7.36. The first-order valence-corrected chi connectivity index (χ1v) is 5.41. The maximum atomic E-state index is 5.75. The summed E-state index contributed by atoms with van der Waals surface area (Å²) in [5.41, 5.74) is 2.55. The third-order valence-electron chi connectivity index (χ3n) is 3.01. The Kier molecular flexibility index (Phi) is 1.88. The van der Waals surface area contributed by atoms with Crippen LogP contribution in [0.1, 0.15) is 12.1 Å². The van der Waals surface area contributed by atoms with Crippen molar-refractivity contribution < 1.29 is 9.30 Å². The second kappa shape index (κ2) is 3.23. The van der Waals surface area contributed by atoms with Gasteiger partial charge in [-0.3, -0.25) is 0 Å². The molecular formula is C13H14NO+. The lowest BCUT2D eigenvalue weighted by Gasteiger charge is -2.03. The summed E-state index contributed by atoms with van der Waals surface area (Å²) in [6.45, 7) is 4.03. The molecular weight excluding hydrogens is 186 g/mol. The quantitative estimate of drug-likeness (QED) is 0.594. The van der Waals surface area contributed by atoms with Crippen molar-refractivity contribution in [3.05, 3.63) is 36.0 Å². The third-order valence-corrected chi connectivity index (χ3v) is 3.01. The predicted octanol–water partition coefficient (Wildman–Crippen LogP) is 2.22. The number of aryl methyl sites for hydroxylation is 2. The van der Waals surface area contributed by atoms with Crippen LogP contribution in [-0.4, -0.2) is 6.61 Å². The molecule has 1 aliphatic heterocycles. The first kappa shape index (κ1) is 8.72. The molecule has 1 aromatic heterocycles. The number of hydrogen-bond acceptors (Lipinski definition) is 1. The van der Waals surface area contributed by atoms with E-state index in [9.17, 15) is 0 Å². The van der Waals surface area contributed by atoms with Crippen molar-refractivity contribution in [2.75, 3.05) is 6.61 Å². The zero-order valence-corrected chi connectivity index (χ0v) is 8.86. The Morgan fingerprint density at radius 1 is 1.20 bits per heavy atom. The van der Waals surface area contributed by atoms with E-state index < -0.39 is 0 Å². The van der Waals surface area contributed by atoms with Crippen LogP contribution in [0.4, 0.5) is 0 Å². The highest BCUT2D eigenvalue weighted by Gasteiger charge is 2.19. The van der Waals surface area contributed by atoms with E-state index in [0.717, 1.165) is 25.3 Å². The largest absolute Gasteiger partial charge is 0.487 e. The van der Waals surface area contributed by atoms with E-state index in [-0.39, 0.29) is 0 Å². The zero-order chi connectivity index (χ0) is 10.3. The van der Waals surface area contributed by atoms with E-state index in [4.69, 9.17) is 4.74 Å². The Bertz CT molecular complexity index is 519. The topological polar surface area (TPSA) is 13.1 Å². The first-order valence-electron chi connectivity index (χ1n) is 5.41. The predicted molar refractivity (Wildman–Crippen MR) is 59.0 cm³/mol. The highest BCUT2D eigenvalue weighted by Crippen LogP contribution is 2.24. The summed E-state index contributed by atoms with van der Waals surface area (Å²) < 4.78 is 8.11. The molecule has 2 heterocycles. The zero-order valence-electron chi connectivity index (χ0n) is 8.86. The number of pyridine rings is 1. The summed E-state index contributed by atoms with van der Waals surface area (Å²) in [5, 5.41) is 1.26. The van der Waals surface area contributed by atoms with Gasteiger partial charge < -0.3 is 4.74 Å². The molecule has 0 fully saturated rings. The highest BCUT2D eigenvalue weighted by atomic mass is 16.5. The summed E-state index contributed by atoms with van der Waals surface area (Å²) in [7, 11) is 0. The van der Waals surface area contributed by atoms with Crippen molar-refractivity contribution in [2.24, 2.45) is 0 Å². The maximum absolute atomic E-state index is 5.75. The molecule has 0 bridgehead atoms. The average Bonchev–Trinajstić information content (AvgIpc) is 2.48. The lowest BCUT2D eigenvalue weighted by atomic mass is 10.1. The third kappa shape index (κ3) is 1.29. The molecule has 0 saturated carbocycles. The van der Waals surface area contributed by atoms with Crippen LogP contribution in [0.15, 0.2) is 30.3 Å². The van der Waals surface area contributed by atoms with Gasteiger partial charge in [-0.2, -0.15) is 4.57 Å². The van der Waals surface area contributed by atoms with E-state index in [1.165, 1.54) is 16.6 Å². The van der Waals surface area contributed by atoms with E-state index >= 15 is 0 Å². The van der Waals surface area contributed by atoms with Crippen LogP contribution in [0.2, 0.25) is 0 Å².